The molecule has 0 unspecified atom stereocenters. The average molecular weight is 408 g/mol. The summed E-state index contributed by atoms with van der Waals surface area (Å²) >= 11 is 6.71. The van der Waals surface area contributed by atoms with E-state index in [1.165, 1.54) is 36.4 Å². The summed E-state index contributed by atoms with van der Waals surface area (Å²) in [6.07, 6.45) is 3.20. The van der Waals surface area contributed by atoms with E-state index in [2.05, 4.69) is 15.3 Å². The predicted molar refractivity (Wildman–Crippen MR) is 99.2 cm³/mol. The van der Waals surface area contributed by atoms with E-state index in [1.54, 1.807) is 12.4 Å². The van der Waals surface area contributed by atoms with E-state index in [1.807, 2.05) is 6.92 Å². The number of nitrogens with one attached hydrogen (secondary N) is 1. The zero-order chi connectivity index (χ0) is 18.7. The lowest BCUT2D eigenvalue weighted by atomic mass is 10.4. The Bertz CT molecular complexity index is 1030. The second kappa shape index (κ2) is 7.53. The fourth-order valence-corrected chi connectivity index (χ4v) is 4.84. The van der Waals surface area contributed by atoms with Gasteiger partial charge in [-0.15, -0.1) is 11.3 Å². The first-order chi connectivity index (χ1) is 12.4. The number of hydrogen-bond donors (Lipinski definition) is 1. The van der Waals surface area contributed by atoms with Crippen molar-refractivity contribution in [2.75, 3.05) is 0 Å². The molecule has 6 nitrogen and oxygen atoms in total. The topological polar surface area (TPSA) is 89.0 Å². The van der Waals surface area contributed by atoms with Crippen LogP contribution in [0.2, 0.25) is 5.02 Å². The monoisotopic (exact) mass is 407 g/mol. The van der Waals surface area contributed by atoms with Gasteiger partial charge < -0.3 is 5.32 Å². The van der Waals surface area contributed by atoms with Gasteiger partial charge in [0.15, 0.2) is 0 Å². The highest BCUT2D eigenvalue weighted by atomic mass is 35.5. The lowest BCUT2D eigenvalue weighted by Gasteiger charge is -2.03. The minimum atomic E-state index is -3.68. The minimum absolute atomic E-state index is 0.0973. The maximum atomic E-state index is 12.6. The normalized spacial score (nSPS) is 11.3. The van der Waals surface area contributed by atoms with E-state index in [-0.39, 0.29) is 21.6 Å². The molecular formula is C17H14ClN3O3S2. The average Bonchev–Trinajstić information content (AvgIpc) is 3.12. The molecular weight excluding hydrogens is 394 g/mol. The molecule has 0 fully saturated rings. The Morgan fingerprint density at radius 1 is 1.12 bits per heavy atom. The van der Waals surface area contributed by atoms with Gasteiger partial charge in [-0.2, -0.15) is 0 Å². The largest absolute Gasteiger partial charge is 0.346 e. The molecule has 0 aliphatic heterocycles. The molecule has 134 valence electrons. The second-order valence-corrected chi connectivity index (χ2v) is 9.10. The van der Waals surface area contributed by atoms with Crippen molar-refractivity contribution in [2.24, 2.45) is 0 Å². The molecule has 0 atom stereocenters. The van der Waals surface area contributed by atoms with Gasteiger partial charge in [0.25, 0.3) is 5.91 Å². The molecule has 2 aromatic heterocycles. The van der Waals surface area contributed by atoms with E-state index in [9.17, 15) is 13.2 Å². The summed E-state index contributed by atoms with van der Waals surface area (Å²) in [6.45, 7) is 2.03. The van der Waals surface area contributed by atoms with Gasteiger partial charge in [-0.1, -0.05) is 11.6 Å². The maximum Gasteiger partial charge on any atom is 0.261 e. The van der Waals surface area contributed by atoms with Crippen LogP contribution in [0.3, 0.4) is 0 Å². The maximum absolute atomic E-state index is 12.6. The van der Waals surface area contributed by atoms with Crippen molar-refractivity contribution in [1.82, 2.24) is 15.3 Å². The van der Waals surface area contributed by atoms with Crippen LogP contribution in [0.5, 0.6) is 0 Å². The molecule has 3 rings (SSSR count). The highest BCUT2D eigenvalue weighted by molar-refractivity contribution is 7.93. The van der Waals surface area contributed by atoms with Crippen LogP contribution in [-0.4, -0.2) is 24.3 Å². The molecule has 3 aromatic rings. The Labute approximate surface area is 159 Å². The van der Waals surface area contributed by atoms with E-state index < -0.39 is 9.84 Å². The molecule has 0 saturated heterocycles. The number of aryl methyl sites for hydroxylation is 1. The van der Waals surface area contributed by atoms with Gasteiger partial charge in [0.2, 0.25) is 9.84 Å². The third kappa shape index (κ3) is 4.09. The third-order valence-corrected chi connectivity index (χ3v) is 7.06. The number of carbonyl (C=O) groups is 1. The summed E-state index contributed by atoms with van der Waals surface area (Å²) in [4.78, 5) is 20.9. The van der Waals surface area contributed by atoms with Crippen molar-refractivity contribution >= 4 is 38.7 Å². The van der Waals surface area contributed by atoms with Gasteiger partial charge in [0.05, 0.1) is 33.9 Å². The highest BCUT2D eigenvalue weighted by Crippen LogP contribution is 2.28. The van der Waals surface area contributed by atoms with E-state index >= 15 is 0 Å². The Hall–Kier alpha value is -2.29. The van der Waals surface area contributed by atoms with Gasteiger partial charge in [-0.25, -0.2) is 8.42 Å². The Balaban J connectivity index is 1.73. The van der Waals surface area contributed by atoms with Crippen molar-refractivity contribution in [3.05, 3.63) is 70.1 Å². The number of aromatic nitrogens is 2. The summed E-state index contributed by atoms with van der Waals surface area (Å²) in [5, 5.41) is 3.16. The van der Waals surface area contributed by atoms with Crippen LogP contribution < -0.4 is 5.32 Å². The number of sulfone groups is 1. The van der Waals surface area contributed by atoms with Gasteiger partial charge in [-0.3, -0.25) is 14.8 Å². The van der Waals surface area contributed by atoms with Crippen LogP contribution in [0.1, 0.15) is 21.1 Å². The first kappa shape index (κ1) is 18.5. The first-order valence-electron chi connectivity index (χ1n) is 7.52. The van der Waals surface area contributed by atoms with Crippen molar-refractivity contribution in [3.8, 4) is 0 Å². The van der Waals surface area contributed by atoms with Gasteiger partial charge in [0, 0.05) is 11.2 Å². The number of amides is 1. The number of benzene rings is 1. The summed E-state index contributed by atoms with van der Waals surface area (Å²) in [7, 11) is -3.68. The molecule has 0 aliphatic rings. The molecule has 0 aliphatic carbocycles. The van der Waals surface area contributed by atoms with Crippen molar-refractivity contribution in [3.63, 3.8) is 0 Å². The van der Waals surface area contributed by atoms with E-state index in [4.69, 9.17) is 11.6 Å². The number of carbonyl (C=O) groups excluding carboxylic acids is 1. The zero-order valence-corrected chi connectivity index (χ0v) is 16.0. The summed E-state index contributed by atoms with van der Waals surface area (Å²) in [5.74, 6) is -0.366. The SMILES string of the molecule is Cc1cnc(CNC(=O)c2ccc(S(=O)(=O)c3ccc(Cl)cc3)s2)cn1. The van der Waals surface area contributed by atoms with Crippen LogP contribution in [0, 0.1) is 6.92 Å². The number of rotatable bonds is 5. The Morgan fingerprint density at radius 3 is 2.50 bits per heavy atom. The summed E-state index contributed by atoms with van der Waals surface area (Å²) < 4.78 is 25.3. The molecule has 0 radical (unpaired) electrons. The standard InChI is InChI=1S/C17H14ClN3O3S2/c1-11-8-20-13(9-19-11)10-21-17(22)15-6-7-16(25-15)26(23,24)14-4-2-12(18)3-5-14/h2-9H,10H2,1H3,(H,21,22). The number of halogens is 1. The number of hydrogen-bond acceptors (Lipinski definition) is 6. The van der Waals surface area contributed by atoms with Gasteiger partial charge in [-0.05, 0) is 43.3 Å². The molecule has 0 bridgehead atoms. The first-order valence-corrected chi connectivity index (χ1v) is 10.2. The van der Waals surface area contributed by atoms with Crippen LogP contribution in [-0.2, 0) is 16.4 Å². The predicted octanol–water partition coefficient (Wildman–Crippen LogP) is 3.26. The Morgan fingerprint density at radius 2 is 1.85 bits per heavy atom. The molecule has 9 heteroatoms. The fraction of sp³-hybridized carbons (Fsp3) is 0.118. The molecule has 0 saturated carbocycles. The lowest BCUT2D eigenvalue weighted by Crippen LogP contribution is -2.22. The minimum Gasteiger partial charge on any atom is -0.346 e. The molecule has 2 heterocycles. The van der Waals surface area contributed by atoms with E-state index in [0.29, 0.717) is 15.6 Å². The van der Waals surface area contributed by atoms with Crippen LogP contribution in [0.4, 0.5) is 0 Å². The summed E-state index contributed by atoms with van der Waals surface area (Å²) in [5.41, 5.74) is 1.41. The van der Waals surface area contributed by atoms with Crippen molar-refractivity contribution in [1.29, 1.82) is 0 Å². The highest BCUT2D eigenvalue weighted by Gasteiger charge is 2.21. The number of nitrogens with zero attached hydrogens (tertiary/aromatic N) is 2. The molecule has 1 amide bonds. The van der Waals surface area contributed by atoms with Gasteiger partial charge >= 0.3 is 0 Å². The summed E-state index contributed by atoms with van der Waals surface area (Å²) in [6, 6.07) is 8.82. The third-order valence-electron chi connectivity index (χ3n) is 3.46. The Kier molecular flexibility index (Phi) is 5.36. The molecule has 0 spiro atoms. The lowest BCUT2D eigenvalue weighted by molar-refractivity contribution is 0.0954. The second-order valence-electron chi connectivity index (χ2n) is 5.41. The molecule has 1 N–H and O–H groups in total. The quantitative estimate of drug-likeness (QED) is 0.701. The molecule has 1 aromatic carbocycles. The van der Waals surface area contributed by atoms with Gasteiger partial charge in [0.1, 0.15) is 4.21 Å². The van der Waals surface area contributed by atoms with Crippen LogP contribution in [0.15, 0.2) is 57.9 Å². The van der Waals surface area contributed by atoms with Crippen LogP contribution >= 0.6 is 22.9 Å². The number of thiophene rings is 1. The van der Waals surface area contributed by atoms with Crippen LogP contribution in [0.25, 0.3) is 0 Å². The van der Waals surface area contributed by atoms with Crippen molar-refractivity contribution in [2.45, 2.75) is 22.6 Å². The fourth-order valence-electron chi connectivity index (χ4n) is 2.09. The van der Waals surface area contributed by atoms with Crippen molar-refractivity contribution < 1.29 is 13.2 Å². The van der Waals surface area contributed by atoms with E-state index in [0.717, 1.165) is 17.0 Å². The molecule has 26 heavy (non-hydrogen) atoms. The zero-order valence-electron chi connectivity index (χ0n) is 13.6. The smallest absolute Gasteiger partial charge is 0.261 e.